The molecule has 2 aliphatic rings. The summed E-state index contributed by atoms with van der Waals surface area (Å²) >= 11 is 0. The minimum atomic E-state index is -0.0147. The maximum absolute atomic E-state index is 12.3. The molecule has 6 heteroatoms. The van der Waals surface area contributed by atoms with Crippen LogP contribution in [-0.4, -0.2) is 59.7 Å². The number of aromatic nitrogens is 2. The van der Waals surface area contributed by atoms with Gasteiger partial charge in [0.25, 0.3) is 5.56 Å². The largest absolute Gasteiger partial charge is 0.379 e. The van der Waals surface area contributed by atoms with Gasteiger partial charge in [-0.3, -0.25) is 14.1 Å². The van der Waals surface area contributed by atoms with Crippen molar-refractivity contribution in [1.29, 1.82) is 0 Å². The molecule has 0 aromatic carbocycles. The van der Waals surface area contributed by atoms with Gasteiger partial charge in [0.1, 0.15) is 11.5 Å². The van der Waals surface area contributed by atoms with Gasteiger partial charge in [-0.2, -0.15) is 0 Å². The zero-order chi connectivity index (χ0) is 15.6. The zero-order valence-electron chi connectivity index (χ0n) is 13.2. The summed E-state index contributed by atoms with van der Waals surface area (Å²) in [4.78, 5) is 21.8. The molecule has 6 nitrogen and oxygen atoms in total. The average molecular weight is 314 g/mol. The topological polar surface area (TPSA) is 50.1 Å². The van der Waals surface area contributed by atoms with Crippen LogP contribution >= 0.6 is 0 Å². The van der Waals surface area contributed by atoms with E-state index in [0.717, 1.165) is 51.6 Å². The Morgan fingerprint density at radius 3 is 2.91 bits per heavy atom. The third-order valence-electron chi connectivity index (χ3n) is 4.84. The van der Waals surface area contributed by atoms with E-state index in [0.29, 0.717) is 11.7 Å². The first-order valence-electron chi connectivity index (χ1n) is 8.36. The second-order valence-corrected chi connectivity index (χ2v) is 6.27. The Labute approximate surface area is 135 Å². The van der Waals surface area contributed by atoms with Crippen molar-refractivity contribution >= 4 is 11.5 Å². The molecule has 4 heterocycles. The van der Waals surface area contributed by atoms with Crippen molar-refractivity contribution in [1.82, 2.24) is 14.3 Å². The van der Waals surface area contributed by atoms with Gasteiger partial charge in [-0.15, -0.1) is 0 Å². The molecule has 0 saturated carbocycles. The average Bonchev–Trinajstić information content (AvgIpc) is 2.62. The van der Waals surface area contributed by atoms with Crippen molar-refractivity contribution in [3.05, 3.63) is 40.8 Å². The first kappa shape index (κ1) is 14.7. The summed E-state index contributed by atoms with van der Waals surface area (Å²) in [6, 6.07) is 7.84. The second kappa shape index (κ2) is 6.29. The molecule has 4 rings (SSSR count). The minimum Gasteiger partial charge on any atom is -0.379 e. The Morgan fingerprint density at radius 2 is 2.04 bits per heavy atom. The second-order valence-electron chi connectivity index (χ2n) is 6.27. The van der Waals surface area contributed by atoms with Crippen molar-refractivity contribution in [2.24, 2.45) is 0 Å². The van der Waals surface area contributed by atoms with Crippen LogP contribution in [0, 0.1) is 0 Å². The Morgan fingerprint density at radius 1 is 1.17 bits per heavy atom. The smallest absolute Gasteiger partial charge is 0.259 e. The van der Waals surface area contributed by atoms with E-state index in [1.165, 1.54) is 6.42 Å². The van der Waals surface area contributed by atoms with Gasteiger partial charge in [0.05, 0.1) is 13.2 Å². The summed E-state index contributed by atoms with van der Waals surface area (Å²) in [5.41, 5.74) is 0.697. The van der Waals surface area contributed by atoms with Crippen LogP contribution in [0.5, 0.6) is 0 Å². The number of nitrogens with zero attached hydrogens (tertiary/aromatic N) is 4. The summed E-state index contributed by atoms with van der Waals surface area (Å²) in [7, 11) is 0. The van der Waals surface area contributed by atoms with Gasteiger partial charge >= 0.3 is 0 Å². The fourth-order valence-electron chi connectivity index (χ4n) is 3.61. The van der Waals surface area contributed by atoms with Crippen LogP contribution in [0.15, 0.2) is 35.3 Å². The van der Waals surface area contributed by atoms with Crippen LogP contribution in [0.25, 0.3) is 5.65 Å². The number of hydrogen-bond donors (Lipinski definition) is 0. The maximum Gasteiger partial charge on any atom is 0.259 e. The van der Waals surface area contributed by atoms with E-state index >= 15 is 0 Å². The summed E-state index contributed by atoms with van der Waals surface area (Å²) in [5.74, 6) is 0.805. The van der Waals surface area contributed by atoms with Gasteiger partial charge in [0, 0.05) is 44.5 Å². The number of morpholine rings is 1. The minimum absolute atomic E-state index is 0.0147. The lowest BCUT2D eigenvalue weighted by Crippen LogP contribution is -2.52. The lowest BCUT2D eigenvalue weighted by atomic mass is 10.0. The predicted molar refractivity (Wildman–Crippen MR) is 89.1 cm³/mol. The number of fused-ring (bicyclic) bond motifs is 1. The molecule has 122 valence electrons. The van der Waals surface area contributed by atoms with Gasteiger partial charge < -0.3 is 9.64 Å². The van der Waals surface area contributed by atoms with Gasteiger partial charge in [0.2, 0.25) is 0 Å². The van der Waals surface area contributed by atoms with Gasteiger partial charge in [-0.1, -0.05) is 6.07 Å². The highest BCUT2D eigenvalue weighted by Crippen LogP contribution is 2.21. The molecular formula is C17H22N4O2. The number of pyridine rings is 1. The van der Waals surface area contributed by atoms with Gasteiger partial charge in [-0.25, -0.2) is 4.98 Å². The molecule has 2 aromatic rings. The lowest BCUT2D eigenvalue weighted by molar-refractivity contribution is 0.0137. The highest BCUT2D eigenvalue weighted by molar-refractivity contribution is 5.48. The Bertz CT molecular complexity index is 739. The molecule has 0 aliphatic carbocycles. The van der Waals surface area contributed by atoms with Crippen LogP contribution in [0.2, 0.25) is 0 Å². The molecule has 0 radical (unpaired) electrons. The standard InChI is InChI=1S/C17H22N4O2/c22-17-12-16(18-15-5-1-2-7-21(15)17)20-6-3-4-14(13-20)19-8-10-23-11-9-19/h1-2,5,7,12,14H,3-4,6,8-11,13H2. The molecule has 2 fully saturated rings. The van der Waals surface area contributed by atoms with Crippen molar-refractivity contribution in [2.45, 2.75) is 18.9 Å². The molecule has 2 aliphatic heterocycles. The molecular weight excluding hydrogens is 292 g/mol. The van der Waals surface area contributed by atoms with Crippen LogP contribution in [-0.2, 0) is 4.74 Å². The van der Waals surface area contributed by atoms with Crippen molar-refractivity contribution in [3.63, 3.8) is 0 Å². The van der Waals surface area contributed by atoms with Crippen LogP contribution in [0.4, 0.5) is 5.82 Å². The Balaban J connectivity index is 1.58. The van der Waals surface area contributed by atoms with E-state index in [1.54, 1.807) is 16.7 Å². The first-order valence-corrected chi connectivity index (χ1v) is 8.36. The van der Waals surface area contributed by atoms with E-state index in [1.807, 2.05) is 18.2 Å². The molecule has 1 unspecified atom stereocenters. The fourth-order valence-corrected chi connectivity index (χ4v) is 3.61. The van der Waals surface area contributed by atoms with Crippen molar-refractivity contribution in [2.75, 3.05) is 44.3 Å². The normalized spacial score (nSPS) is 23.3. The third-order valence-corrected chi connectivity index (χ3v) is 4.84. The monoisotopic (exact) mass is 314 g/mol. The number of ether oxygens (including phenoxy) is 1. The fraction of sp³-hybridized carbons (Fsp3) is 0.529. The van der Waals surface area contributed by atoms with E-state index in [2.05, 4.69) is 14.8 Å². The van der Waals surface area contributed by atoms with Crippen molar-refractivity contribution in [3.8, 4) is 0 Å². The molecule has 0 amide bonds. The summed E-state index contributed by atoms with van der Waals surface area (Å²) in [6.07, 6.45) is 4.11. The quantitative estimate of drug-likeness (QED) is 0.827. The summed E-state index contributed by atoms with van der Waals surface area (Å²) < 4.78 is 7.04. The zero-order valence-corrected chi connectivity index (χ0v) is 13.2. The van der Waals surface area contributed by atoms with Crippen LogP contribution < -0.4 is 10.5 Å². The van der Waals surface area contributed by atoms with Crippen LogP contribution in [0.3, 0.4) is 0 Å². The first-order chi connectivity index (χ1) is 11.3. The number of piperidine rings is 1. The lowest BCUT2D eigenvalue weighted by Gasteiger charge is -2.41. The van der Waals surface area contributed by atoms with E-state index in [-0.39, 0.29) is 5.56 Å². The molecule has 23 heavy (non-hydrogen) atoms. The van der Waals surface area contributed by atoms with Gasteiger partial charge in [0.15, 0.2) is 0 Å². The van der Waals surface area contributed by atoms with E-state index in [9.17, 15) is 4.79 Å². The Kier molecular flexibility index (Phi) is 4.01. The number of anilines is 1. The third kappa shape index (κ3) is 2.96. The molecule has 2 aromatic heterocycles. The maximum atomic E-state index is 12.3. The Hall–Kier alpha value is -1.92. The highest BCUT2D eigenvalue weighted by atomic mass is 16.5. The summed E-state index contributed by atoms with van der Waals surface area (Å²) in [5, 5.41) is 0. The molecule has 0 bridgehead atoms. The highest BCUT2D eigenvalue weighted by Gasteiger charge is 2.27. The number of rotatable bonds is 2. The van der Waals surface area contributed by atoms with Crippen LogP contribution in [0.1, 0.15) is 12.8 Å². The SMILES string of the molecule is O=c1cc(N2CCCC(N3CCOCC3)C2)nc2ccccn12. The predicted octanol–water partition coefficient (Wildman–Crippen LogP) is 0.995. The molecule has 0 spiro atoms. The van der Waals surface area contributed by atoms with E-state index in [4.69, 9.17) is 4.74 Å². The van der Waals surface area contributed by atoms with Crippen molar-refractivity contribution < 1.29 is 4.74 Å². The molecule has 2 saturated heterocycles. The number of hydrogen-bond acceptors (Lipinski definition) is 5. The summed E-state index contributed by atoms with van der Waals surface area (Å²) in [6.45, 7) is 5.57. The van der Waals surface area contributed by atoms with E-state index < -0.39 is 0 Å². The van der Waals surface area contributed by atoms with Gasteiger partial charge in [-0.05, 0) is 25.0 Å². The molecule has 1 atom stereocenters. The molecule has 0 N–H and O–H groups in total.